The molecule has 0 N–H and O–H groups in total. The minimum atomic E-state index is -1.28. The summed E-state index contributed by atoms with van der Waals surface area (Å²) in [5.74, 6) is 0.886. The maximum Gasteiger partial charge on any atom is 0.237 e. The van der Waals surface area contributed by atoms with Crippen molar-refractivity contribution < 1.29 is 0 Å². The van der Waals surface area contributed by atoms with Gasteiger partial charge in [0.1, 0.15) is 0 Å². The number of hydrogen-bond donors (Lipinski definition) is 0. The number of halogens is 2. The van der Waals surface area contributed by atoms with Crippen LogP contribution in [-0.4, -0.2) is 7.42 Å². The molecule has 54 valence electrons. The van der Waals surface area contributed by atoms with Crippen molar-refractivity contribution in [1.29, 1.82) is 0 Å². The van der Waals surface area contributed by atoms with Crippen LogP contribution in [0.15, 0.2) is 0 Å². The molecule has 0 heterocycles. The van der Waals surface area contributed by atoms with Crippen molar-refractivity contribution in [2.24, 2.45) is 5.92 Å². The second-order valence-corrected chi connectivity index (χ2v) is 7.86. The SMILES string of the molecule is Cl[SiH](Cl)CC1CCCC1. The van der Waals surface area contributed by atoms with Gasteiger partial charge in [-0.25, -0.2) is 0 Å². The monoisotopic (exact) mass is 182 g/mol. The van der Waals surface area contributed by atoms with Gasteiger partial charge in [0.25, 0.3) is 0 Å². The third kappa shape index (κ3) is 2.92. The van der Waals surface area contributed by atoms with Gasteiger partial charge in [-0.05, 0) is 12.0 Å². The van der Waals surface area contributed by atoms with Crippen LogP contribution in [0.3, 0.4) is 0 Å². The quantitative estimate of drug-likeness (QED) is 0.456. The van der Waals surface area contributed by atoms with Gasteiger partial charge in [-0.15, -0.1) is 0 Å². The molecule has 0 aromatic rings. The molecule has 1 aliphatic rings. The lowest BCUT2D eigenvalue weighted by Gasteiger charge is -2.05. The van der Waals surface area contributed by atoms with Gasteiger partial charge in [0, 0.05) is 0 Å². The molecular weight excluding hydrogens is 171 g/mol. The Morgan fingerprint density at radius 1 is 1.22 bits per heavy atom. The first kappa shape index (κ1) is 7.90. The average molecular weight is 183 g/mol. The van der Waals surface area contributed by atoms with Crippen LogP contribution in [0, 0.1) is 5.92 Å². The molecule has 0 saturated heterocycles. The van der Waals surface area contributed by atoms with Crippen LogP contribution in [0.5, 0.6) is 0 Å². The summed E-state index contributed by atoms with van der Waals surface area (Å²) in [4.78, 5) is 0. The molecule has 0 aliphatic heterocycles. The van der Waals surface area contributed by atoms with Crippen LogP contribution in [-0.2, 0) is 0 Å². The summed E-state index contributed by atoms with van der Waals surface area (Å²) < 4.78 is 0. The lowest BCUT2D eigenvalue weighted by Crippen LogP contribution is -2.01. The van der Waals surface area contributed by atoms with Gasteiger partial charge in [0.2, 0.25) is 7.42 Å². The molecule has 9 heavy (non-hydrogen) atoms. The lowest BCUT2D eigenvalue weighted by atomic mass is 10.1. The molecule has 0 unspecified atom stereocenters. The largest absolute Gasteiger partial charge is 0.237 e. The topological polar surface area (TPSA) is 0 Å². The van der Waals surface area contributed by atoms with E-state index < -0.39 is 7.42 Å². The summed E-state index contributed by atoms with van der Waals surface area (Å²) >= 11 is 11.5. The van der Waals surface area contributed by atoms with Gasteiger partial charge >= 0.3 is 0 Å². The second kappa shape index (κ2) is 3.84. The maximum atomic E-state index is 5.76. The van der Waals surface area contributed by atoms with Crippen LogP contribution in [0.25, 0.3) is 0 Å². The van der Waals surface area contributed by atoms with Gasteiger partial charge in [-0.2, -0.15) is 22.2 Å². The highest BCUT2D eigenvalue weighted by Crippen LogP contribution is 2.30. The van der Waals surface area contributed by atoms with Crippen molar-refractivity contribution in [3.63, 3.8) is 0 Å². The van der Waals surface area contributed by atoms with Gasteiger partial charge in [0.15, 0.2) is 0 Å². The normalized spacial score (nSPS) is 21.7. The Hall–Kier alpha value is 0.797. The van der Waals surface area contributed by atoms with Crippen LogP contribution < -0.4 is 0 Å². The first-order chi connectivity index (χ1) is 4.29. The summed E-state index contributed by atoms with van der Waals surface area (Å²) in [7, 11) is -1.28. The Kier molecular flexibility index (Phi) is 3.37. The van der Waals surface area contributed by atoms with Gasteiger partial charge in [0.05, 0.1) is 0 Å². The van der Waals surface area contributed by atoms with Crippen molar-refractivity contribution in [1.82, 2.24) is 0 Å². The number of hydrogen-bond acceptors (Lipinski definition) is 0. The average Bonchev–Trinajstić information content (AvgIpc) is 2.15. The molecule has 0 bridgehead atoms. The van der Waals surface area contributed by atoms with Crippen LogP contribution in [0.1, 0.15) is 25.7 Å². The Morgan fingerprint density at radius 2 is 1.78 bits per heavy atom. The molecule has 0 radical (unpaired) electrons. The zero-order valence-corrected chi connectivity index (χ0v) is 8.11. The van der Waals surface area contributed by atoms with E-state index in [0.29, 0.717) is 0 Å². The minimum absolute atomic E-state index is 0.886. The molecule has 0 spiro atoms. The summed E-state index contributed by atoms with van der Waals surface area (Å²) in [6.07, 6.45) is 5.56. The van der Waals surface area contributed by atoms with Crippen LogP contribution >= 0.6 is 22.2 Å². The van der Waals surface area contributed by atoms with Gasteiger partial charge < -0.3 is 0 Å². The zero-order valence-electron chi connectivity index (χ0n) is 5.45. The zero-order chi connectivity index (χ0) is 6.69. The summed E-state index contributed by atoms with van der Waals surface area (Å²) in [5, 5.41) is 0. The summed E-state index contributed by atoms with van der Waals surface area (Å²) in [6, 6.07) is 1.14. The van der Waals surface area contributed by atoms with E-state index in [2.05, 4.69) is 0 Å². The number of rotatable bonds is 2. The summed E-state index contributed by atoms with van der Waals surface area (Å²) in [5.41, 5.74) is 0. The van der Waals surface area contributed by atoms with E-state index in [1.54, 1.807) is 0 Å². The molecule has 1 fully saturated rings. The third-order valence-electron chi connectivity index (χ3n) is 1.99. The van der Waals surface area contributed by atoms with Gasteiger partial charge in [-0.3, -0.25) is 0 Å². The van der Waals surface area contributed by atoms with E-state index in [-0.39, 0.29) is 0 Å². The van der Waals surface area contributed by atoms with E-state index in [1.807, 2.05) is 0 Å². The van der Waals surface area contributed by atoms with E-state index in [4.69, 9.17) is 22.2 Å². The third-order valence-corrected chi connectivity index (χ3v) is 4.08. The fourth-order valence-electron chi connectivity index (χ4n) is 1.50. The van der Waals surface area contributed by atoms with Crippen molar-refractivity contribution in [3.05, 3.63) is 0 Å². The highest BCUT2D eigenvalue weighted by atomic mass is 35.7. The van der Waals surface area contributed by atoms with E-state index >= 15 is 0 Å². The molecule has 0 aromatic carbocycles. The highest BCUT2D eigenvalue weighted by Gasteiger charge is 2.18. The summed E-state index contributed by atoms with van der Waals surface area (Å²) in [6.45, 7) is 0. The second-order valence-electron chi connectivity index (χ2n) is 2.78. The van der Waals surface area contributed by atoms with Crippen LogP contribution in [0.2, 0.25) is 6.04 Å². The molecule has 0 amide bonds. The van der Waals surface area contributed by atoms with Crippen LogP contribution in [0.4, 0.5) is 0 Å². The Morgan fingerprint density at radius 3 is 2.22 bits per heavy atom. The van der Waals surface area contributed by atoms with Crippen molar-refractivity contribution in [2.45, 2.75) is 31.7 Å². The molecule has 3 heteroatoms. The molecular formula is C6H12Cl2Si. The van der Waals surface area contributed by atoms with Gasteiger partial charge in [-0.1, -0.05) is 25.7 Å². The molecule has 1 saturated carbocycles. The molecule has 0 aromatic heterocycles. The standard InChI is InChI=1S/C6H12Cl2Si/c7-9(8)5-6-3-1-2-4-6/h6,9H,1-5H2. The Balaban J connectivity index is 2.11. The van der Waals surface area contributed by atoms with E-state index in [9.17, 15) is 0 Å². The predicted octanol–water partition coefficient (Wildman–Crippen LogP) is 2.87. The van der Waals surface area contributed by atoms with Crippen molar-refractivity contribution in [2.75, 3.05) is 0 Å². The Bertz CT molecular complexity index is 79.1. The minimum Gasteiger partial charge on any atom is -0.150 e. The van der Waals surface area contributed by atoms with Crippen molar-refractivity contribution >= 4 is 29.6 Å². The fraction of sp³-hybridized carbons (Fsp3) is 1.00. The molecule has 0 atom stereocenters. The highest BCUT2D eigenvalue weighted by molar-refractivity contribution is 7.33. The fourth-order valence-corrected chi connectivity index (χ4v) is 3.99. The lowest BCUT2D eigenvalue weighted by molar-refractivity contribution is 0.609. The molecule has 1 aliphatic carbocycles. The first-order valence-electron chi connectivity index (χ1n) is 3.57. The Labute approximate surface area is 67.6 Å². The first-order valence-corrected chi connectivity index (χ1v) is 7.88. The van der Waals surface area contributed by atoms with E-state index in [1.165, 1.54) is 25.7 Å². The van der Waals surface area contributed by atoms with E-state index in [0.717, 1.165) is 12.0 Å². The molecule has 0 nitrogen and oxygen atoms in total. The smallest absolute Gasteiger partial charge is 0.150 e. The predicted molar refractivity (Wildman–Crippen MR) is 45.6 cm³/mol. The van der Waals surface area contributed by atoms with Crippen molar-refractivity contribution in [3.8, 4) is 0 Å². The molecule has 1 rings (SSSR count). The maximum absolute atomic E-state index is 5.76.